The number of hydrogen-bond donors (Lipinski definition) is 2. The van der Waals surface area contributed by atoms with Gasteiger partial charge in [0.1, 0.15) is 6.10 Å². The van der Waals surface area contributed by atoms with Crippen LogP contribution in [0.5, 0.6) is 0 Å². The maximum absolute atomic E-state index is 11.1. The van der Waals surface area contributed by atoms with Crippen molar-refractivity contribution >= 4 is 11.7 Å². The Labute approximate surface area is 130 Å². The summed E-state index contributed by atoms with van der Waals surface area (Å²) in [7, 11) is 3.37. The molecule has 6 heteroatoms. The maximum atomic E-state index is 11.1. The molecular formula is C16H24N2O4. The van der Waals surface area contributed by atoms with E-state index < -0.39 is 18.2 Å². The van der Waals surface area contributed by atoms with Crippen molar-refractivity contribution in [1.29, 1.82) is 0 Å². The van der Waals surface area contributed by atoms with Gasteiger partial charge in [-0.1, -0.05) is 12.1 Å². The number of piperazine rings is 1. The Morgan fingerprint density at radius 1 is 1.18 bits per heavy atom. The van der Waals surface area contributed by atoms with Crippen molar-refractivity contribution in [3.63, 3.8) is 0 Å². The smallest absolute Gasteiger partial charge is 0.308 e. The molecule has 1 fully saturated rings. The van der Waals surface area contributed by atoms with Crippen LogP contribution < -0.4 is 4.90 Å². The number of carbonyl (C=O) groups is 1. The van der Waals surface area contributed by atoms with Gasteiger partial charge in [0.25, 0.3) is 0 Å². The van der Waals surface area contributed by atoms with Crippen molar-refractivity contribution in [2.45, 2.75) is 18.6 Å². The van der Waals surface area contributed by atoms with Gasteiger partial charge >= 0.3 is 5.97 Å². The standard InChI is InChI=1S/C16H24N2O4/c1-17-7-9-18(10-8-17)13-5-3-12(4-6-13)16(21)14(19)11-15(20)22-2/h3-6,14,16,19,21H,7-11H2,1-2H3. The van der Waals surface area contributed by atoms with Crippen LogP contribution in [0.1, 0.15) is 18.1 Å². The lowest BCUT2D eigenvalue weighted by Gasteiger charge is -2.34. The molecule has 0 saturated carbocycles. The van der Waals surface area contributed by atoms with E-state index in [-0.39, 0.29) is 6.42 Å². The largest absolute Gasteiger partial charge is 0.469 e. The van der Waals surface area contributed by atoms with Gasteiger partial charge in [-0.05, 0) is 24.7 Å². The maximum Gasteiger partial charge on any atom is 0.308 e. The molecule has 0 spiro atoms. The zero-order valence-electron chi connectivity index (χ0n) is 13.1. The Morgan fingerprint density at radius 2 is 1.77 bits per heavy atom. The quantitative estimate of drug-likeness (QED) is 0.767. The van der Waals surface area contributed by atoms with Crippen LogP contribution in [0.15, 0.2) is 24.3 Å². The number of aliphatic hydroxyl groups is 2. The Balaban J connectivity index is 1.97. The fourth-order valence-corrected chi connectivity index (χ4v) is 2.53. The van der Waals surface area contributed by atoms with Gasteiger partial charge in [-0.15, -0.1) is 0 Å². The van der Waals surface area contributed by atoms with E-state index in [1.54, 1.807) is 12.1 Å². The molecule has 2 unspecified atom stereocenters. The highest BCUT2D eigenvalue weighted by Crippen LogP contribution is 2.23. The first-order chi connectivity index (χ1) is 10.5. The Morgan fingerprint density at radius 3 is 2.32 bits per heavy atom. The molecule has 122 valence electrons. The van der Waals surface area contributed by atoms with Gasteiger partial charge in [0.15, 0.2) is 0 Å². The first-order valence-electron chi connectivity index (χ1n) is 7.47. The summed E-state index contributed by atoms with van der Waals surface area (Å²) in [5.41, 5.74) is 1.70. The fraction of sp³-hybridized carbons (Fsp3) is 0.562. The summed E-state index contributed by atoms with van der Waals surface area (Å²) < 4.78 is 4.49. The van der Waals surface area contributed by atoms with Crippen molar-refractivity contribution in [3.05, 3.63) is 29.8 Å². The number of methoxy groups -OCH3 is 1. The first kappa shape index (κ1) is 16.7. The minimum Gasteiger partial charge on any atom is -0.469 e. The van der Waals surface area contributed by atoms with Crippen LogP contribution in [0.4, 0.5) is 5.69 Å². The van der Waals surface area contributed by atoms with Gasteiger partial charge < -0.3 is 24.7 Å². The molecule has 0 aromatic heterocycles. The second kappa shape index (κ2) is 7.58. The second-order valence-corrected chi connectivity index (χ2v) is 5.67. The van der Waals surface area contributed by atoms with E-state index in [4.69, 9.17) is 0 Å². The topological polar surface area (TPSA) is 73.2 Å². The van der Waals surface area contributed by atoms with Gasteiger partial charge in [-0.25, -0.2) is 0 Å². The molecule has 0 bridgehead atoms. The number of likely N-dealkylation sites (N-methyl/N-ethyl adjacent to an activating group) is 1. The normalized spacial score (nSPS) is 18.8. The van der Waals surface area contributed by atoms with Crippen molar-refractivity contribution < 1.29 is 19.7 Å². The molecule has 1 aromatic carbocycles. The Kier molecular flexibility index (Phi) is 5.76. The van der Waals surface area contributed by atoms with E-state index >= 15 is 0 Å². The molecule has 1 aliphatic heterocycles. The van der Waals surface area contributed by atoms with E-state index in [9.17, 15) is 15.0 Å². The summed E-state index contributed by atoms with van der Waals surface area (Å²) in [5, 5.41) is 19.9. The molecule has 0 aliphatic carbocycles. The lowest BCUT2D eigenvalue weighted by molar-refractivity contribution is -0.144. The van der Waals surface area contributed by atoms with Gasteiger partial charge in [-0.2, -0.15) is 0 Å². The number of nitrogens with zero attached hydrogens (tertiary/aromatic N) is 2. The summed E-state index contributed by atoms with van der Waals surface area (Å²) in [4.78, 5) is 15.7. The zero-order valence-corrected chi connectivity index (χ0v) is 13.1. The van der Waals surface area contributed by atoms with E-state index in [1.165, 1.54) is 7.11 Å². The highest BCUT2D eigenvalue weighted by atomic mass is 16.5. The highest BCUT2D eigenvalue weighted by molar-refractivity contribution is 5.69. The molecule has 2 atom stereocenters. The second-order valence-electron chi connectivity index (χ2n) is 5.67. The molecule has 2 rings (SSSR count). The van der Waals surface area contributed by atoms with Gasteiger partial charge in [0, 0.05) is 31.9 Å². The monoisotopic (exact) mass is 308 g/mol. The zero-order chi connectivity index (χ0) is 16.1. The van der Waals surface area contributed by atoms with E-state index in [2.05, 4.69) is 21.6 Å². The number of rotatable bonds is 5. The lowest BCUT2D eigenvalue weighted by Crippen LogP contribution is -2.44. The van der Waals surface area contributed by atoms with E-state index in [0.29, 0.717) is 5.56 Å². The number of benzene rings is 1. The SMILES string of the molecule is COC(=O)CC(O)C(O)c1ccc(N2CCN(C)CC2)cc1. The number of anilines is 1. The van der Waals surface area contributed by atoms with Gasteiger partial charge in [-0.3, -0.25) is 4.79 Å². The van der Waals surface area contributed by atoms with Gasteiger partial charge in [0.2, 0.25) is 0 Å². The third-order valence-electron chi connectivity index (χ3n) is 4.07. The van der Waals surface area contributed by atoms with Gasteiger partial charge in [0.05, 0.1) is 19.6 Å². The van der Waals surface area contributed by atoms with Crippen LogP contribution in [-0.4, -0.2) is 67.5 Å². The molecule has 22 heavy (non-hydrogen) atoms. The molecule has 0 radical (unpaired) electrons. The van der Waals surface area contributed by atoms with E-state index in [0.717, 1.165) is 31.9 Å². The van der Waals surface area contributed by atoms with Crippen LogP contribution in [-0.2, 0) is 9.53 Å². The third-order valence-corrected chi connectivity index (χ3v) is 4.07. The average molecular weight is 308 g/mol. The number of esters is 1. The molecule has 2 N–H and O–H groups in total. The molecule has 1 saturated heterocycles. The Bertz CT molecular complexity index is 483. The number of hydrogen-bond acceptors (Lipinski definition) is 6. The fourth-order valence-electron chi connectivity index (χ4n) is 2.53. The van der Waals surface area contributed by atoms with Crippen molar-refractivity contribution in [3.8, 4) is 0 Å². The van der Waals surface area contributed by atoms with E-state index in [1.807, 2.05) is 12.1 Å². The molecule has 1 aromatic rings. The van der Waals surface area contributed by atoms with Crippen LogP contribution >= 0.6 is 0 Å². The highest BCUT2D eigenvalue weighted by Gasteiger charge is 2.22. The third kappa shape index (κ3) is 4.19. The number of ether oxygens (including phenoxy) is 1. The average Bonchev–Trinajstić information content (AvgIpc) is 2.55. The van der Waals surface area contributed by atoms with Crippen molar-refractivity contribution in [2.75, 3.05) is 45.2 Å². The minimum atomic E-state index is -1.16. The van der Waals surface area contributed by atoms with Crippen LogP contribution in [0.25, 0.3) is 0 Å². The summed E-state index contributed by atoms with van der Waals surface area (Å²) in [5.74, 6) is -0.541. The molecule has 0 amide bonds. The van der Waals surface area contributed by atoms with Crippen LogP contribution in [0.3, 0.4) is 0 Å². The van der Waals surface area contributed by atoms with Crippen LogP contribution in [0.2, 0.25) is 0 Å². The summed E-state index contributed by atoms with van der Waals surface area (Å²) in [6, 6.07) is 7.46. The lowest BCUT2D eigenvalue weighted by atomic mass is 10.0. The first-order valence-corrected chi connectivity index (χ1v) is 7.47. The van der Waals surface area contributed by atoms with Crippen molar-refractivity contribution in [2.24, 2.45) is 0 Å². The number of carbonyl (C=O) groups excluding carboxylic acids is 1. The molecule has 6 nitrogen and oxygen atoms in total. The summed E-state index contributed by atoms with van der Waals surface area (Å²) >= 11 is 0. The van der Waals surface area contributed by atoms with Crippen LogP contribution in [0, 0.1) is 0 Å². The molecule has 1 aliphatic rings. The molecular weight excluding hydrogens is 284 g/mol. The summed E-state index contributed by atoms with van der Waals surface area (Å²) in [6.07, 6.45) is -2.49. The Hall–Kier alpha value is -1.63. The minimum absolute atomic E-state index is 0.224. The predicted molar refractivity (Wildman–Crippen MR) is 83.8 cm³/mol. The summed E-state index contributed by atoms with van der Waals surface area (Å²) in [6.45, 7) is 4.01. The molecule has 1 heterocycles. The van der Waals surface area contributed by atoms with Crippen molar-refractivity contribution in [1.82, 2.24) is 4.90 Å². The predicted octanol–water partition coefficient (Wildman–Crippen LogP) is 0.396. The number of aliphatic hydroxyl groups excluding tert-OH is 2.